The van der Waals surface area contributed by atoms with E-state index in [1.165, 1.54) is 22.3 Å². The summed E-state index contributed by atoms with van der Waals surface area (Å²) < 4.78 is 18.1. The molecule has 3 heteroatoms. The molecule has 0 unspecified atom stereocenters. The summed E-state index contributed by atoms with van der Waals surface area (Å²) >= 11 is 0. The molecule has 0 spiro atoms. The summed E-state index contributed by atoms with van der Waals surface area (Å²) in [5.41, 5.74) is 7.74. The molecule has 1 saturated heterocycles. The van der Waals surface area contributed by atoms with Crippen LogP contribution < -0.4 is 9.47 Å². The molecule has 5 rings (SSSR count). The van der Waals surface area contributed by atoms with E-state index in [-0.39, 0.29) is 34.9 Å². The van der Waals surface area contributed by atoms with E-state index in [2.05, 4.69) is 114 Å². The largest absolute Gasteiger partial charge is 0.497 e. The first-order valence-electron chi connectivity index (χ1n) is 14.6. The minimum absolute atomic E-state index is 0.0912. The summed E-state index contributed by atoms with van der Waals surface area (Å²) in [6.07, 6.45) is -0.249. The summed E-state index contributed by atoms with van der Waals surface area (Å²) in [5, 5.41) is 0. The molecule has 0 saturated carbocycles. The molecule has 214 valence electrons. The van der Waals surface area contributed by atoms with E-state index in [9.17, 15) is 0 Å². The van der Waals surface area contributed by atoms with Crippen molar-refractivity contribution in [2.24, 2.45) is 0 Å². The average molecular weight is 549 g/mol. The van der Waals surface area contributed by atoms with Gasteiger partial charge >= 0.3 is 0 Å². The van der Waals surface area contributed by atoms with Crippen LogP contribution in [0.25, 0.3) is 0 Å². The predicted molar refractivity (Wildman–Crippen MR) is 168 cm³/mol. The van der Waals surface area contributed by atoms with Crippen LogP contribution in [0.15, 0.2) is 97.1 Å². The third kappa shape index (κ3) is 6.06. The Morgan fingerprint density at radius 2 is 0.732 bits per heavy atom. The Morgan fingerprint density at radius 1 is 0.439 bits per heavy atom. The van der Waals surface area contributed by atoms with Gasteiger partial charge < -0.3 is 14.2 Å². The zero-order valence-corrected chi connectivity index (χ0v) is 25.8. The molecule has 1 aliphatic heterocycles. The lowest BCUT2D eigenvalue weighted by atomic mass is 9.74. The van der Waals surface area contributed by atoms with Gasteiger partial charge in [0, 0.05) is 11.8 Å². The molecule has 4 atom stereocenters. The standard InChI is InChI=1S/C38H44O3/c1-37(2,3)29-17-9-25(10-18-29)33-34(26-11-19-30(20-12-26)38(4,5)6)36(28-15-23-32(40-8)24-16-28)41-35(33)27-13-21-31(39-7)22-14-27/h9-24,33-36H,1-8H3/t33-,34+,35+,36-. The zero-order valence-electron chi connectivity index (χ0n) is 25.8. The number of methoxy groups -OCH3 is 2. The Kier molecular flexibility index (Phi) is 8.03. The molecule has 0 bridgehead atoms. The Balaban J connectivity index is 1.67. The van der Waals surface area contributed by atoms with Crippen LogP contribution in [0, 0.1) is 0 Å². The topological polar surface area (TPSA) is 27.7 Å². The Morgan fingerprint density at radius 3 is 1.00 bits per heavy atom. The van der Waals surface area contributed by atoms with Gasteiger partial charge in [0.1, 0.15) is 11.5 Å². The zero-order chi connectivity index (χ0) is 29.4. The Bertz CT molecular complexity index is 1310. The smallest absolute Gasteiger partial charge is 0.118 e. The molecule has 1 heterocycles. The van der Waals surface area contributed by atoms with E-state index in [1.807, 2.05) is 24.3 Å². The third-order valence-corrected chi connectivity index (χ3v) is 8.54. The minimum Gasteiger partial charge on any atom is -0.497 e. The van der Waals surface area contributed by atoms with Crippen molar-refractivity contribution in [1.82, 2.24) is 0 Å². The molecule has 0 aromatic heterocycles. The second-order valence-corrected chi connectivity index (χ2v) is 13.3. The number of hydrogen-bond acceptors (Lipinski definition) is 3. The Hall–Kier alpha value is -3.56. The van der Waals surface area contributed by atoms with Crippen molar-refractivity contribution < 1.29 is 14.2 Å². The molecule has 0 N–H and O–H groups in total. The van der Waals surface area contributed by atoms with Gasteiger partial charge in [-0.25, -0.2) is 0 Å². The lowest BCUT2D eigenvalue weighted by molar-refractivity contribution is 0.0367. The average Bonchev–Trinajstić information content (AvgIpc) is 3.37. The first kappa shape index (κ1) is 29.0. The van der Waals surface area contributed by atoms with E-state index in [0.29, 0.717) is 0 Å². The molecule has 4 aromatic rings. The molecule has 41 heavy (non-hydrogen) atoms. The van der Waals surface area contributed by atoms with E-state index < -0.39 is 0 Å². The molecular weight excluding hydrogens is 504 g/mol. The van der Waals surface area contributed by atoms with Gasteiger partial charge in [-0.2, -0.15) is 0 Å². The van der Waals surface area contributed by atoms with Crippen molar-refractivity contribution >= 4 is 0 Å². The van der Waals surface area contributed by atoms with Gasteiger partial charge in [-0.15, -0.1) is 0 Å². The molecular formula is C38H44O3. The molecule has 0 aliphatic carbocycles. The fourth-order valence-corrected chi connectivity index (χ4v) is 6.04. The van der Waals surface area contributed by atoms with Crippen LogP contribution in [0.2, 0.25) is 0 Å². The van der Waals surface area contributed by atoms with E-state index in [1.54, 1.807) is 14.2 Å². The van der Waals surface area contributed by atoms with Crippen molar-refractivity contribution in [3.8, 4) is 11.5 Å². The highest BCUT2D eigenvalue weighted by molar-refractivity contribution is 5.43. The maximum absolute atomic E-state index is 7.13. The van der Waals surface area contributed by atoms with Gasteiger partial charge in [0.05, 0.1) is 26.4 Å². The van der Waals surface area contributed by atoms with E-state index in [4.69, 9.17) is 14.2 Å². The van der Waals surface area contributed by atoms with Crippen LogP contribution in [-0.4, -0.2) is 14.2 Å². The monoisotopic (exact) mass is 548 g/mol. The normalized spacial score (nSPS) is 21.1. The van der Waals surface area contributed by atoms with Crippen molar-refractivity contribution in [3.05, 3.63) is 130 Å². The maximum atomic E-state index is 7.13. The van der Waals surface area contributed by atoms with Crippen LogP contribution in [0.4, 0.5) is 0 Å². The fourth-order valence-electron chi connectivity index (χ4n) is 6.04. The number of ether oxygens (including phenoxy) is 3. The predicted octanol–water partition coefficient (Wildman–Crippen LogP) is 9.68. The molecule has 0 amide bonds. The first-order chi connectivity index (χ1) is 19.5. The maximum Gasteiger partial charge on any atom is 0.118 e. The second-order valence-electron chi connectivity index (χ2n) is 13.3. The van der Waals surface area contributed by atoms with Crippen LogP contribution in [0.3, 0.4) is 0 Å². The van der Waals surface area contributed by atoms with Crippen LogP contribution in [0.5, 0.6) is 11.5 Å². The van der Waals surface area contributed by atoms with Gasteiger partial charge in [0.15, 0.2) is 0 Å². The highest BCUT2D eigenvalue weighted by Gasteiger charge is 2.47. The molecule has 0 radical (unpaired) electrons. The van der Waals surface area contributed by atoms with Gasteiger partial charge in [0.2, 0.25) is 0 Å². The summed E-state index contributed by atoms with van der Waals surface area (Å²) in [6.45, 7) is 13.6. The Labute approximate surface area is 246 Å². The number of hydrogen-bond donors (Lipinski definition) is 0. The third-order valence-electron chi connectivity index (χ3n) is 8.54. The summed E-state index contributed by atoms with van der Waals surface area (Å²) in [6, 6.07) is 35.2. The highest BCUT2D eigenvalue weighted by atomic mass is 16.5. The van der Waals surface area contributed by atoms with Crippen molar-refractivity contribution in [2.45, 2.75) is 76.4 Å². The summed E-state index contributed by atoms with van der Waals surface area (Å²) in [7, 11) is 3.41. The number of benzene rings is 4. The number of rotatable bonds is 6. The van der Waals surface area contributed by atoms with E-state index >= 15 is 0 Å². The van der Waals surface area contributed by atoms with Crippen LogP contribution >= 0.6 is 0 Å². The summed E-state index contributed by atoms with van der Waals surface area (Å²) in [4.78, 5) is 0. The molecule has 1 aliphatic rings. The van der Waals surface area contributed by atoms with Crippen molar-refractivity contribution in [3.63, 3.8) is 0 Å². The van der Waals surface area contributed by atoms with Crippen molar-refractivity contribution in [1.29, 1.82) is 0 Å². The van der Waals surface area contributed by atoms with Gasteiger partial charge in [-0.05, 0) is 68.5 Å². The van der Waals surface area contributed by atoms with Crippen molar-refractivity contribution in [2.75, 3.05) is 14.2 Å². The second kappa shape index (κ2) is 11.4. The minimum atomic E-state index is -0.124. The first-order valence-corrected chi connectivity index (χ1v) is 14.6. The van der Waals surface area contributed by atoms with E-state index in [0.717, 1.165) is 22.6 Å². The lowest BCUT2D eigenvalue weighted by Gasteiger charge is -2.28. The van der Waals surface area contributed by atoms with Gasteiger partial charge in [-0.1, -0.05) is 114 Å². The summed E-state index contributed by atoms with van der Waals surface area (Å²) in [5.74, 6) is 1.92. The highest BCUT2D eigenvalue weighted by Crippen LogP contribution is 2.59. The molecule has 4 aromatic carbocycles. The molecule has 3 nitrogen and oxygen atoms in total. The van der Waals surface area contributed by atoms with Gasteiger partial charge in [-0.3, -0.25) is 0 Å². The molecule has 1 fully saturated rings. The SMILES string of the molecule is COc1ccc([C@H]2O[C@@H](c3ccc(OC)cc3)[C@H](c3ccc(C(C)(C)C)cc3)[C@@H]2c2ccc(C(C)(C)C)cc2)cc1. The van der Waals surface area contributed by atoms with Crippen LogP contribution in [-0.2, 0) is 15.6 Å². The van der Waals surface area contributed by atoms with Crippen LogP contribution in [0.1, 0.15) is 99.0 Å². The fraction of sp³-hybridized carbons (Fsp3) is 0.368. The lowest BCUT2D eigenvalue weighted by Crippen LogP contribution is -2.16. The quantitative estimate of drug-likeness (QED) is 0.240. The van der Waals surface area contributed by atoms with Gasteiger partial charge in [0.25, 0.3) is 0 Å².